The summed E-state index contributed by atoms with van der Waals surface area (Å²) >= 11 is 0. The van der Waals surface area contributed by atoms with E-state index in [-0.39, 0.29) is 10.5 Å². The number of anilines is 2. The first-order valence-electron chi connectivity index (χ1n) is 10.5. The topological polar surface area (TPSA) is 102 Å². The normalized spacial score (nSPS) is 10.9. The molecule has 9 heteroatoms. The lowest BCUT2D eigenvalue weighted by Crippen LogP contribution is -2.38. The lowest BCUT2D eigenvalue weighted by atomic mass is 10.2. The molecule has 0 bridgehead atoms. The standard InChI is InChI=1S/C25H26N2O6S/c1-4-33-22-12-10-21(11-13-22)27(34(30,31)23-14-8-18(2)9-15-23)17-24(28)26-20-7-5-6-19(16-20)25(29)32-3/h5-16H,4,17H2,1-3H3,(H,26,28). The molecule has 0 atom stereocenters. The van der Waals surface area contributed by atoms with Gasteiger partial charge in [0.15, 0.2) is 0 Å². The zero-order valence-electron chi connectivity index (χ0n) is 19.1. The Bertz CT molecular complexity index is 1260. The van der Waals surface area contributed by atoms with E-state index in [0.717, 1.165) is 9.87 Å². The number of rotatable bonds is 9. The highest BCUT2D eigenvalue weighted by Gasteiger charge is 2.27. The van der Waals surface area contributed by atoms with Crippen LogP contribution in [-0.2, 0) is 19.6 Å². The summed E-state index contributed by atoms with van der Waals surface area (Å²) in [6.45, 7) is 3.70. The molecule has 8 nitrogen and oxygen atoms in total. The summed E-state index contributed by atoms with van der Waals surface area (Å²) in [5.74, 6) is -0.538. The average molecular weight is 483 g/mol. The maximum absolute atomic E-state index is 13.5. The Balaban J connectivity index is 1.91. The van der Waals surface area contributed by atoms with Crippen molar-refractivity contribution in [3.8, 4) is 5.75 Å². The van der Waals surface area contributed by atoms with Gasteiger partial charge >= 0.3 is 5.97 Å². The molecule has 0 aliphatic heterocycles. The van der Waals surface area contributed by atoms with Crippen LogP contribution in [0.4, 0.5) is 11.4 Å². The van der Waals surface area contributed by atoms with Crippen LogP contribution in [0.3, 0.4) is 0 Å². The van der Waals surface area contributed by atoms with Gasteiger partial charge in [0, 0.05) is 5.69 Å². The highest BCUT2D eigenvalue weighted by atomic mass is 32.2. The summed E-state index contributed by atoms with van der Waals surface area (Å²) in [7, 11) is -2.79. The minimum Gasteiger partial charge on any atom is -0.494 e. The van der Waals surface area contributed by atoms with Crippen molar-refractivity contribution in [1.82, 2.24) is 0 Å². The summed E-state index contributed by atoms with van der Waals surface area (Å²) in [5.41, 5.74) is 1.82. The Morgan fingerprint density at radius 3 is 2.26 bits per heavy atom. The van der Waals surface area contributed by atoms with Crippen LogP contribution in [0.15, 0.2) is 77.7 Å². The van der Waals surface area contributed by atoms with Gasteiger partial charge in [-0.3, -0.25) is 9.10 Å². The minimum absolute atomic E-state index is 0.0625. The minimum atomic E-state index is -4.05. The average Bonchev–Trinajstić information content (AvgIpc) is 2.83. The van der Waals surface area contributed by atoms with Crippen molar-refractivity contribution in [1.29, 1.82) is 0 Å². The number of benzene rings is 3. The van der Waals surface area contributed by atoms with E-state index < -0.39 is 28.4 Å². The molecule has 3 aromatic carbocycles. The molecule has 0 radical (unpaired) electrons. The number of esters is 1. The largest absolute Gasteiger partial charge is 0.494 e. The number of nitrogens with zero attached hydrogens (tertiary/aromatic N) is 1. The molecule has 0 unspecified atom stereocenters. The van der Waals surface area contributed by atoms with Crippen LogP contribution in [-0.4, -0.2) is 40.6 Å². The van der Waals surface area contributed by atoms with Crippen LogP contribution in [0.25, 0.3) is 0 Å². The zero-order chi connectivity index (χ0) is 24.7. The number of amides is 1. The SMILES string of the molecule is CCOc1ccc(N(CC(=O)Nc2cccc(C(=O)OC)c2)S(=O)(=O)c2ccc(C)cc2)cc1. The molecule has 34 heavy (non-hydrogen) atoms. The fraction of sp³-hybridized carbons (Fsp3) is 0.200. The molecule has 0 saturated heterocycles. The molecule has 0 saturated carbocycles. The van der Waals surface area contributed by atoms with Gasteiger partial charge in [-0.25, -0.2) is 13.2 Å². The monoisotopic (exact) mass is 482 g/mol. The Morgan fingerprint density at radius 1 is 0.971 bits per heavy atom. The molecular formula is C25H26N2O6S. The van der Waals surface area contributed by atoms with E-state index in [2.05, 4.69) is 5.32 Å². The summed E-state index contributed by atoms with van der Waals surface area (Å²) in [6, 6.07) is 19.1. The van der Waals surface area contributed by atoms with Crippen molar-refractivity contribution in [2.24, 2.45) is 0 Å². The number of ether oxygens (including phenoxy) is 2. The lowest BCUT2D eigenvalue weighted by Gasteiger charge is -2.24. The maximum Gasteiger partial charge on any atom is 0.337 e. The van der Waals surface area contributed by atoms with Crippen LogP contribution in [0.2, 0.25) is 0 Å². The van der Waals surface area contributed by atoms with Gasteiger partial charge in [-0.15, -0.1) is 0 Å². The van der Waals surface area contributed by atoms with Crippen LogP contribution in [0, 0.1) is 6.92 Å². The van der Waals surface area contributed by atoms with Gasteiger partial charge in [-0.05, 0) is 68.4 Å². The second-order valence-electron chi connectivity index (χ2n) is 7.37. The fourth-order valence-electron chi connectivity index (χ4n) is 3.20. The highest BCUT2D eigenvalue weighted by Crippen LogP contribution is 2.26. The van der Waals surface area contributed by atoms with Crippen molar-refractivity contribution in [2.75, 3.05) is 29.9 Å². The van der Waals surface area contributed by atoms with E-state index >= 15 is 0 Å². The van der Waals surface area contributed by atoms with E-state index in [4.69, 9.17) is 9.47 Å². The van der Waals surface area contributed by atoms with Crippen LogP contribution in [0.1, 0.15) is 22.8 Å². The Labute approximate surface area is 199 Å². The number of sulfonamides is 1. The summed E-state index contributed by atoms with van der Waals surface area (Å²) < 4.78 is 38.1. The molecule has 0 aliphatic carbocycles. The third kappa shape index (κ3) is 5.93. The predicted molar refractivity (Wildman–Crippen MR) is 130 cm³/mol. The van der Waals surface area contributed by atoms with Gasteiger partial charge in [-0.2, -0.15) is 0 Å². The van der Waals surface area contributed by atoms with Crippen molar-refractivity contribution in [2.45, 2.75) is 18.7 Å². The number of aryl methyl sites for hydroxylation is 1. The first-order valence-corrected chi connectivity index (χ1v) is 12.0. The zero-order valence-corrected chi connectivity index (χ0v) is 20.0. The third-order valence-corrected chi connectivity index (χ3v) is 6.69. The van der Waals surface area contributed by atoms with Crippen LogP contribution in [0.5, 0.6) is 5.75 Å². The van der Waals surface area contributed by atoms with Crippen molar-refractivity contribution in [3.63, 3.8) is 0 Å². The van der Waals surface area contributed by atoms with E-state index in [0.29, 0.717) is 23.7 Å². The number of hydrogen-bond acceptors (Lipinski definition) is 6. The Hall–Kier alpha value is -3.85. The van der Waals surface area contributed by atoms with Gasteiger partial charge in [0.25, 0.3) is 10.0 Å². The third-order valence-electron chi connectivity index (χ3n) is 4.90. The molecule has 178 valence electrons. The quantitative estimate of drug-likeness (QED) is 0.462. The Kier molecular flexibility index (Phi) is 7.91. The molecule has 0 fully saturated rings. The second kappa shape index (κ2) is 10.8. The van der Waals surface area contributed by atoms with E-state index in [1.54, 1.807) is 54.6 Å². The highest BCUT2D eigenvalue weighted by molar-refractivity contribution is 7.92. The van der Waals surface area contributed by atoms with Crippen molar-refractivity contribution < 1.29 is 27.5 Å². The molecule has 0 aliphatic rings. The first-order chi connectivity index (χ1) is 16.2. The van der Waals surface area contributed by atoms with Gasteiger partial charge in [0.1, 0.15) is 12.3 Å². The van der Waals surface area contributed by atoms with Crippen LogP contribution >= 0.6 is 0 Å². The molecular weight excluding hydrogens is 456 g/mol. The smallest absolute Gasteiger partial charge is 0.337 e. The number of hydrogen-bond donors (Lipinski definition) is 1. The van der Waals surface area contributed by atoms with Gasteiger partial charge in [-0.1, -0.05) is 23.8 Å². The molecule has 1 amide bonds. The lowest BCUT2D eigenvalue weighted by molar-refractivity contribution is -0.114. The van der Waals surface area contributed by atoms with E-state index in [9.17, 15) is 18.0 Å². The molecule has 0 aromatic heterocycles. The number of nitrogens with one attached hydrogen (secondary N) is 1. The van der Waals surface area contributed by atoms with Gasteiger partial charge < -0.3 is 14.8 Å². The van der Waals surface area contributed by atoms with E-state index in [1.165, 1.54) is 25.3 Å². The number of carbonyl (C=O) groups is 2. The number of methoxy groups -OCH3 is 1. The molecule has 0 spiro atoms. The maximum atomic E-state index is 13.5. The molecule has 1 N–H and O–H groups in total. The molecule has 3 rings (SSSR count). The fourth-order valence-corrected chi connectivity index (χ4v) is 4.62. The summed E-state index contributed by atoms with van der Waals surface area (Å²) in [4.78, 5) is 24.7. The second-order valence-corrected chi connectivity index (χ2v) is 9.23. The van der Waals surface area contributed by atoms with Crippen molar-refractivity contribution in [3.05, 3.63) is 83.9 Å². The van der Waals surface area contributed by atoms with Gasteiger partial charge in [0.05, 0.1) is 29.9 Å². The molecule has 3 aromatic rings. The first kappa shape index (κ1) is 24.8. The predicted octanol–water partition coefficient (Wildman–Crippen LogP) is 4.01. The van der Waals surface area contributed by atoms with Gasteiger partial charge in [0.2, 0.25) is 5.91 Å². The number of carbonyl (C=O) groups excluding carboxylic acids is 2. The summed E-state index contributed by atoms with van der Waals surface area (Å²) in [6.07, 6.45) is 0. The van der Waals surface area contributed by atoms with Crippen molar-refractivity contribution >= 4 is 33.3 Å². The van der Waals surface area contributed by atoms with Crippen LogP contribution < -0.4 is 14.4 Å². The molecule has 0 heterocycles. The van der Waals surface area contributed by atoms with E-state index in [1.807, 2.05) is 13.8 Å². The Morgan fingerprint density at radius 2 is 1.65 bits per heavy atom. The summed E-state index contributed by atoms with van der Waals surface area (Å²) in [5, 5.41) is 2.65.